The van der Waals surface area contributed by atoms with Crippen molar-refractivity contribution in [1.82, 2.24) is 15.1 Å². The van der Waals surface area contributed by atoms with Crippen LogP contribution in [-0.4, -0.2) is 66.4 Å². The van der Waals surface area contributed by atoms with Gasteiger partial charge in [-0.05, 0) is 36.6 Å². The molecule has 1 N–H and O–H groups in total. The summed E-state index contributed by atoms with van der Waals surface area (Å²) in [6.45, 7) is 5.99. The number of carbonyl (C=O) groups is 3. The predicted octanol–water partition coefficient (Wildman–Crippen LogP) is 2.37. The maximum atomic E-state index is 14.5. The van der Waals surface area contributed by atoms with E-state index in [-0.39, 0.29) is 43.2 Å². The van der Waals surface area contributed by atoms with Crippen LogP contribution in [0.25, 0.3) is 0 Å². The quantitative estimate of drug-likeness (QED) is 0.625. The lowest BCUT2D eigenvalue weighted by Gasteiger charge is -2.32. The minimum Gasteiger partial charge on any atom is -0.489 e. The average molecular weight is 484 g/mol. The van der Waals surface area contributed by atoms with E-state index in [0.717, 1.165) is 44.5 Å². The lowest BCUT2D eigenvalue weighted by Crippen LogP contribution is -2.54. The molecule has 0 aliphatic carbocycles. The van der Waals surface area contributed by atoms with E-state index < -0.39 is 23.7 Å². The number of nitrogens with one attached hydrogen (secondary N) is 1. The molecule has 9 heteroatoms. The number of rotatable bonds is 6. The Hall–Kier alpha value is -3.30. The maximum Gasteiger partial charge on any atom is 0.250 e. The van der Waals surface area contributed by atoms with Gasteiger partial charge in [0.2, 0.25) is 11.8 Å². The average Bonchev–Trinajstić information content (AvgIpc) is 2.89. The van der Waals surface area contributed by atoms with E-state index in [1.54, 1.807) is 6.08 Å². The molecule has 1 unspecified atom stereocenters. The Morgan fingerprint density at radius 2 is 1.80 bits per heavy atom. The van der Waals surface area contributed by atoms with Crippen LogP contribution in [0.1, 0.15) is 30.9 Å². The largest absolute Gasteiger partial charge is 0.489 e. The maximum absolute atomic E-state index is 14.5. The van der Waals surface area contributed by atoms with Crippen LogP contribution < -0.4 is 5.32 Å². The van der Waals surface area contributed by atoms with Crippen molar-refractivity contribution in [1.29, 1.82) is 0 Å². The fourth-order valence-electron chi connectivity index (χ4n) is 4.28. The Labute approximate surface area is 204 Å². The first-order valence-electron chi connectivity index (χ1n) is 11.8. The molecular weight excluding hydrogens is 453 g/mol. The summed E-state index contributed by atoms with van der Waals surface area (Å²) >= 11 is 0. The van der Waals surface area contributed by atoms with Crippen molar-refractivity contribution in [3.8, 4) is 0 Å². The topological polar surface area (TPSA) is 88.2 Å². The normalized spacial score (nSPS) is 26.8. The van der Waals surface area contributed by atoms with Crippen LogP contribution in [-0.2, 0) is 37.0 Å². The van der Waals surface area contributed by atoms with E-state index in [2.05, 4.69) is 22.3 Å². The molecule has 1 atom stereocenters. The number of halogens is 1. The summed E-state index contributed by atoms with van der Waals surface area (Å²) in [6.07, 6.45) is 4.31. The Balaban J connectivity index is 1.43. The van der Waals surface area contributed by atoms with Gasteiger partial charge >= 0.3 is 0 Å². The Kier molecular flexibility index (Phi) is 8.09. The number of benzene rings is 1. The monoisotopic (exact) mass is 483 g/mol. The smallest absolute Gasteiger partial charge is 0.250 e. The number of hydrogen-bond donors (Lipinski definition) is 1. The molecule has 3 heterocycles. The second-order valence-electron chi connectivity index (χ2n) is 8.88. The molecule has 0 radical (unpaired) electrons. The van der Waals surface area contributed by atoms with Gasteiger partial charge in [-0.2, -0.15) is 0 Å². The molecule has 4 rings (SSSR count). The first kappa shape index (κ1) is 24.8. The van der Waals surface area contributed by atoms with Crippen LogP contribution in [0, 0.1) is 0 Å². The van der Waals surface area contributed by atoms with Crippen molar-refractivity contribution < 1.29 is 28.2 Å². The molecule has 1 aromatic carbocycles. The van der Waals surface area contributed by atoms with Crippen molar-refractivity contribution in [3.05, 3.63) is 70.8 Å². The highest BCUT2D eigenvalue weighted by Gasteiger charge is 2.34. The standard InChI is InChI=1S/C26H30FN3O5/c1-18-14-21(27)15-22(8-9-30(26(18)33)23-6-7-24(31)28-25(23)32)35-17-20-4-2-19(3-5-20)16-29-10-12-34-13-11-29/h2-5,8,14-15,23H,6-7,9-13,16-17H2,1H3,(H,28,31,32)/b18-14+,21-15+,22-8-. The number of hydrogen-bond acceptors (Lipinski definition) is 6. The molecule has 3 amide bonds. The fraction of sp³-hybridized carbons (Fsp3) is 0.423. The van der Waals surface area contributed by atoms with Gasteiger partial charge < -0.3 is 14.4 Å². The van der Waals surface area contributed by atoms with Gasteiger partial charge in [-0.25, -0.2) is 4.39 Å². The second-order valence-corrected chi connectivity index (χ2v) is 8.88. The second kappa shape index (κ2) is 11.4. The van der Waals surface area contributed by atoms with Crippen molar-refractivity contribution in [3.63, 3.8) is 0 Å². The van der Waals surface area contributed by atoms with Crippen LogP contribution in [0.2, 0.25) is 0 Å². The Morgan fingerprint density at radius 3 is 2.51 bits per heavy atom. The summed E-state index contributed by atoms with van der Waals surface area (Å²) in [6, 6.07) is 7.26. The number of allylic oxidation sites excluding steroid dienone is 3. The molecule has 0 saturated carbocycles. The van der Waals surface area contributed by atoms with Crippen molar-refractivity contribution in [2.75, 3.05) is 32.8 Å². The van der Waals surface area contributed by atoms with E-state index in [4.69, 9.17) is 9.47 Å². The molecule has 0 aromatic heterocycles. The molecule has 0 bridgehead atoms. The highest BCUT2D eigenvalue weighted by Crippen LogP contribution is 2.21. The summed E-state index contributed by atoms with van der Waals surface area (Å²) in [7, 11) is 0. The SMILES string of the molecule is C\C1=C/C(F)=C\C(OCc2ccc(CN3CCOCC3)cc2)=C\CN(C2CCC(=O)NC2=O)C1=O. The van der Waals surface area contributed by atoms with E-state index in [1.807, 2.05) is 12.1 Å². The first-order valence-corrected chi connectivity index (χ1v) is 11.8. The molecule has 3 aliphatic heterocycles. The zero-order valence-corrected chi connectivity index (χ0v) is 19.8. The lowest BCUT2D eigenvalue weighted by molar-refractivity contribution is -0.143. The van der Waals surface area contributed by atoms with Gasteiger partial charge in [-0.15, -0.1) is 0 Å². The van der Waals surface area contributed by atoms with Crippen LogP contribution in [0.15, 0.2) is 59.7 Å². The number of piperidine rings is 1. The van der Waals surface area contributed by atoms with Gasteiger partial charge in [0.05, 0.1) is 13.2 Å². The number of amides is 3. The molecule has 0 spiro atoms. The van der Waals surface area contributed by atoms with E-state index in [0.29, 0.717) is 0 Å². The number of imide groups is 1. The van der Waals surface area contributed by atoms with Gasteiger partial charge in [0, 0.05) is 44.2 Å². The summed E-state index contributed by atoms with van der Waals surface area (Å²) in [5, 5.41) is 2.27. The predicted molar refractivity (Wildman–Crippen MR) is 126 cm³/mol. The summed E-state index contributed by atoms with van der Waals surface area (Å²) < 4.78 is 25.8. The number of morpholine rings is 1. The van der Waals surface area contributed by atoms with Crippen molar-refractivity contribution in [2.24, 2.45) is 0 Å². The van der Waals surface area contributed by atoms with Gasteiger partial charge in [0.1, 0.15) is 24.2 Å². The van der Waals surface area contributed by atoms with Gasteiger partial charge in [-0.1, -0.05) is 24.3 Å². The molecular formula is C26H30FN3O5. The minimum absolute atomic E-state index is 0.0495. The van der Waals surface area contributed by atoms with Gasteiger partial charge in [-0.3, -0.25) is 24.6 Å². The Bertz CT molecular complexity index is 1060. The highest BCUT2D eigenvalue weighted by molar-refractivity contribution is 6.03. The lowest BCUT2D eigenvalue weighted by atomic mass is 10.0. The molecule has 2 saturated heterocycles. The van der Waals surface area contributed by atoms with E-state index >= 15 is 0 Å². The molecule has 1 aromatic rings. The van der Waals surface area contributed by atoms with Crippen molar-refractivity contribution >= 4 is 17.7 Å². The third-order valence-electron chi connectivity index (χ3n) is 6.25. The first-order chi connectivity index (χ1) is 16.9. The minimum atomic E-state index is -0.804. The van der Waals surface area contributed by atoms with Crippen LogP contribution >= 0.6 is 0 Å². The highest BCUT2D eigenvalue weighted by atomic mass is 19.1. The fourth-order valence-corrected chi connectivity index (χ4v) is 4.28. The summed E-state index contributed by atoms with van der Waals surface area (Å²) in [5.41, 5.74) is 2.28. The third-order valence-corrected chi connectivity index (χ3v) is 6.25. The van der Waals surface area contributed by atoms with Crippen LogP contribution in [0.5, 0.6) is 0 Å². The molecule has 35 heavy (non-hydrogen) atoms. The molecule has 8 nitrogen and oxygen atoms in total. The number of carbonyl (C=O) groups excluding carboxylic acids is 3. The molecule has 2 fully saturated rings. The van der Waals surface area contributed by atoms with Gasteiger partial charge in [0.25, 0.3) is 5.91 Å². The number of nitrogens with zero attached hydrogens (tertiary/aromatic N) is 2. The van der Waals surface area contributed by atoms with E-state index in [1.165, 1.54) is 23.5 Å². The summed E-state index contributed by atoms with van der Waals surface area (Å²) in [4.78, 5) is 40.5. The van der Waals surface area contributed by atoms with Crippen molar-refractivity contribution in [2.45, 2.75) is 39.0 Å². The molecule has 3 aliphatic rings. The zero-order valence-electron chi connectivity index (χ0n) is 19.8. The Morgan fingerprint density at radius 1 is 1.09 bits per heavy atom. The van der Waals surface area contributed by atoms with E-state index in [9.17, 15) is 18.8 Å². The zero-order chi connectivity index (χ0) is 24.8. The third kappa shape index (κ3) is 6.64. The van der Waals surface area contributed by atoms with Crippen LogP contribution in [0.3, 0.4) is 0 Å². The molecule has 186 valence electrons. The summed E-state index contributed by atoms with van der Waals surface area (Å²) in [5.74, 6) is -1.71. The van der Waals surface area contributed by atoms with Crippen LogP contribution in [0.4, 0.5) is 4.39 Å². The van der Waals surface area contributed by atoms with Gasteiger partial charge in [0.15, 0.2) is 0 Å². The number of ether oxygens (including phenoxy) is 2.